The lowest BCUT2D eigenvalue weighted by molar-refractivity contribution is -0.129. The third-order valence-corrected chi connectivity index (χ3v) is 8.23. The van der Waals surface area contributed by atoms with E-state index in [1.165, 1.54) is 16.4 Å². The highest BCUT2D eigenvalue weighted by molar-refractivity contribution is 7.89. The van der Waals surface area contributed by atoms with Crippen molar-refractivity contribution in [3.05, 3.63) is 108 Å². The van der Waals surface area contributed by atoms with E-state index in [-0.39, 0.29) is 16.5 Å². The summed E-state index contributed by atoms with van der Waals surface area (Å²) >= 11 is 0. The predicted molar refractivity (Wildman–Crippen MR) is 146 cm³/mol. The zero-order valence-corrected chi connectivity index (χ0v) is 21.8. The van der Waals surface area contributed by atoms with Gasteiger partial charge < -0.3 is 4.74 Å². The molecule has 0 N–H and O–H groups in total. The molecule has 0 atom stereocenters. The average Bonchev–Trinajstić information content (AvgIpc) is 3.54. The van der Waals surface area contributed by atoms with E-state index in [0.29, 0.717) is 29.9 Å². The fourth-order valence-corrected chi connectivity index (χ4v) is 5.65. The smallest absolute Gasteiger partial charge is 0.363 e. The molecular formula is C29H26N4O4S. The number of ether oxygens (including phenoxy) is 1. The molecule has 38 heavy (non-hydrogen) atoms. The van der Waals surface area contributed by atoms with Crippen LogP contribution in [0, 0.1) is 0 Å². The number of esters is 1. The molecule has 4 aromatic rings. The Labute approximate surface area is 221 Å². The molecule has 1 aliphatic rings. The van der Waals surface area contributed by atoms with Crippen molar-refractivity contribution in [3.63, 3.8) is 0 Å². The third-order valence-electron chi connectivity index (χ3n) is 6.17. The molecule has 192 valence electrons. The van der Waals surface area contributed by atoms with Gasteiger partial charge in [0.1, 0.15) is 5.69 Å². The van der Waals surface area contributed by atoms with E-state index in [4.69, 9.17) is 9.84 Å². The number of aromatic nitrogens is 2. The first-order chi connectivity index (χ1) is 18.4. The lowest BCUT2D eigenvalue weighted by Crippen LogP contribution is -2.30. The third kappa shape index (κ3) is 4.93. The molecule has 0 amide bonds. The van der Waals surface area contributed by atoms with Crippen molar-refractivity contribution in [2.75, 3.05) is 13.1 Å². The molecular weight excluding hydrogens is 500 g/mol. The van der Waals surface area contributed by atoms with Crippen LogP contribution < -0.4 is 0 Å². The quantitative estimate of drug-likeness (QED) is 0.240. The van der Waals surface area contributed by atoms with Gasteiger partial charge in [-0.15, -0.1) is 0 Å². The van der Waals surface area contributed by atoms with Gasteiger partial charge in [-0.2, -0.15) is 9.40 Å². The molecule has 0 radical (unpaired) electrons. The number of benzene rings is 3. The predicted octanol–water partition coefficient (Wildman–Crippen LogP) is 4.91. The first-order valence-electron chi connectivity index (χ1n) is 12.2. The minimum Gasteiger partial charge on any atom is -0.402 e. The molecule has 3 aromatic carbocycles. The summed E-state index contributed by atoms with van der Waals surface area (Å²) in [4.78, 5) is 17.3. The summed E-state index contributed by atoms with van der Waals surface area (Å²) < 4.78 is 34.1. The van der Waals surface area contributed by atoms with Gasteiger partial charge in [0.05, 0.1) is 10.6 Å². The van der Waals surface area contributed by atoms with Crippen molar-refractivity contribution in [1.29, 1.82) is 0 Å². The van der Waals surface area contributed by atoms with Crippen LogP contribution in [0.5, 0.6) is 0 Å². The van der Waals surface area contributed by atoms with Gasteiger partial charge in [0.25, 0.3) is 0 Å². The number of carbonyl (C=O) groups excluding carboxylic acids is 1. The van der Waals surface area contributed by atoms with E-state index in [1.807, 2.05) is 66.9 Å². The van der Waals surface area contributed by atoms with Crippen LogP contribution in [0.3, 0.4) is 0 Å². The molecule has 0 bridgehead atoms. The van der Waals surface area contributed by atoms with Crippen LogP contribution in [-0.4, -0.2) is 47.5 Å². The molecule has 0 unspecified atom stereocenters. The van der Waals surface area contributed by atoms with E-state index in [2.05, 4.69) is 4.99 Å². The Morgan fingerprint density at radius 2 is 1.50 bits per heavy atom. The second kappa shape index (κ2) is 10.6. The van der Waals surface area contributed by atoms with Gasteiger partial charge in [-0.1, -0.05) is 62.4 Å². The molecule has 9 heteroatoms. The van der Waals surface area contributed by atoms with E-state index in [0.717, 1.165) is 11.3 Å². The molecule has 0 saturated carbocycles. The molecule has 0 saturated heterocycles. The molecule has 0 spiro atoms. The second-order valence-electron chi connectivity index (χ2n) is 8.53. The van der Waals surface area contributed by atoms with E-state index in [9.17, 15) is 13.2 Å². The Hall–Kier alpha value is -4.34. The van der Waals surface area contributed by atoms with Crippen LogP contribution >= 0.6 is 0 Å². The summed E-state index contributed by atoms with van der Waals surface area (Å²) in [5.74, 6) is -0.476. The number of hydrogen-bond donors (Lipinski definition) is 0. The maximum absolute atomic E-state index is 12.8. The average molecular weight is 527 g/mol. The van der Waals surface area contributed by atoms with Crippen LogP contribution in [0.25, 0.3) is 23.0 Å². The lowest BCUT2D eigenvalue weighted by atomic mass is 10.1. The summed E-state index contributed by atoms with van der Waals surface area (Å²) in [6.45, 7) is 4.35. The fourth-order valence-electron chi connectivity index (χ4n) is 4.19. The van der Waals surface area contributed by atoms with Gasteiger partial charge in [0.2, 0.25) is 15.9 Å². The van der Waals surface area contributed by atoms with Crippen molar-refractivity contribution in [3.8, 4) is 16.9 Å². The van der Waals surface area contributed by atoms with E-state index in [1.54, 1.807) is 36.7 Å². The summed E-state index contributed by atoms with van der Waals surface area (Å²) in [5, 5.41) is 4.77. The van der Waals surface area contributed by atoms with Gasteiger partial charge >= 0.3 is 5.97 Å². The van der Waals surface area contributed by atoms with Crippen molar-refractivity contribution < 1.29 is 17.9 Å². The maximum Gasteiger partial charge on any atom is 0.363 e. The zero-order chi connectivity index (χ0) is 26.7. The van der Waals surface area contributed by atoms with Crippen LogP contribution in [-0.2, 0) is 19.6 Å². The summed E-state index contributed by atoms with van der Waals surface area (Å²) in [6.07, 6.45) is 3.50. The van der Waals surface area contributed by atoms with Crippen molar-refractivity contribution in [1.82, 2.24) is 14.1 Å². The Morgan fingerprint density at radius 3 is 2.13 bits per heavy atom. The Balaban J connectivity index is 1.50. The number of sulfonamides is 1. The number of nitrogens with zero attached hydrogens (tertiary/aromatic N) is 4. The number of hydrogen-bond acceptors (Lipinski definition) is 6. The summed E-state index contributed by atoms with van der Waals surface area (Å²) in [7, 11) is -3.59. The SMILES string of the molecule is CCN(CC)S(=O)(=O)c1ccc(C2=N/C(=C/c3cn(-c4ccccc4)nc3-c3ccccc3)C(=O)O2)cc1. The number of carbonyl (C=O) groups is 1. The van der Waals surface area contributed by atoms with Crippen LogP contribution in [0.2, 0.25) is 0 Å². The molecule has 0 aliphatic carbocycles. The van der Waals surface area contributed by atoms with Gasteiger partial charge in [-0.3, -0.25) is 0 Å². The first kappa shape index (κ1) is 25.3. The Kier molecular flexibility index (Phi) is 7.04. The van der Waals surface area contributed by atoms with Gasteiger partial charge in [0, 0.05) is 36.0 Å². The standard InChI is InChI=1S/C29H26N4O4S/c1-3-32(4-2)38(35,36)25-17-15-22(16-18-25)28-30-26(29(34)37-28)19-23-20-33(24-13-9-6-10-14-24)31-27(23)21-11-7-5-8-12-21/h5-20H,3-4H2,1-2H3/b26-19+. The molecule has 8 nitrogen and oxygen atoms in total. The number of para-hydroxylation sites is 1. The molecule has 2 heterocycles. The monoisotopic (exact) mass is 526 g/mol. The molecule has 1 aliphatic heterocycles. The minimum absolute atomic E-state index is 0.116. The highest BCUT2D eigenvalue weighted by Gasteiger charge is 2.27. The number of cyclic esters (lactones) is 1. The van der Waals surface area contributed by atoms with Gasteiger partial charge in [-0.25, -0.2) is 22.9 Å². The van der Waals surface area contributed by atoms with Crippen molar-refractivity contribution >= 4 is 28.0 Å². The Bertz CT molecular complexity index is 1620. The lowest BCUT2D eigenvalue weighted by Gasteiger charge is -2.18. The molecule has 5 rings (SSSR count). The zero-order valence-electron chi connectivity index (χ0n) is 21.0. The van der Waals surface area contributed by atoms with Crippen molar-refractivity contribution in [2.24, 2.45) is 4.99 Å². The van der Waals surface area contributed by atoms with Crippen LogP contribution in [0.4, 0.5) is 0 Å². The molecule has 0 fully saturated rings. The highest BCUT2D eigenvalue weighted by atomic mass is 32.2. The summed E-state index contributed by atoms with van der Waals surface area (Å²) in [5.41, 5.74) is 3.82. The normalized spacial score (nSPS) is 14.7. The van der Waals surface area contributed by atoms with Gasteiger partial charge in [-0.05, 0) is 42.5 Å². The number of aliphatic imine (C=N–C) groups is 1. The Morgan fingerprint density at radius 1 is 0.868 bits per heavy atom. The maximum atomic E-state index is 12.8. The summed E-state index contributed by atoms with van der Waals surface area (Å²) in [6, 6.07) is 25.6. The fraction of sp³-hybridized carbons (Fsp3) is 0.138. The van der Waals surface area contributed by atoms with Crippen LogP contribution in [0.1, 0.15) is 25.0 Å². The van der Waals surface area contributed by atoms with E-state index < -0.39 is 16.0 Å². The van der Waals surface area contributed by atoms with Crippen LogP contribution in [0.15, 0.2) is 107 Å². The van der Waals surface area contributed by atoms with Crippen molar-refractivity contribution in [2.45, 2.75) is 18.7 Å². The molecule has 1 aromatic heterocycles. The van der Waals surface area contributed by atoms with Gasteiger partial charge in [0.15, 0.2) is 5.70 Å². The first-order valence-corrected chi connectivity index (χ1v) is 13.7. The second-order valence-corrected chi connectivity index (χ2v) is 10.5. The largest absolute Gasteiger partial charge is 0.402 e. The highest BCUT2D eigenvalue weighted by Crippen LogP contribution is 2.28. The van der Waals surface area contributed by atoms with E-state index >= 15 is 0 Å². The minimum atomic E-state index is -3.59. The number of rotatable bonds is 8. The topological polar surface area (TPSA) is 93.9 Å².